The first-order chi connectivity index (χ1) is 7.60. The van der Waals surface area contributed by atoms with Gasteiger partial charge in [-0.1, -0.05) is 12.1 Å². The number of hydrogen-bond donors (Lipinski definition) is 1. The van der Waals surface area contributed by atoms with Crippen LogP contribution in [0.5, 0.6) is 0 Å². The lowest BCUT2D eigenvalue weighted by Gasteiger charge is -2.25. The van der Waals surface area contributed by atoms with Crippen molar-refractivity contribution in [2.45, 2.75) is 12.5 Å². The number of nitrogens with zero attached hydrogens (tertiary/aromatic N) is 1. The number of aromatic nitrogens is 1. The topological polar surface area (TPSA) is 38.9 Å². The molecule has 1 atom stereocenters. The summed E-state index contributed by atoms with van der Waals surface area (Å²) in [7, 11) is 0. The third-order valence-electron chi connectivity index (χ3n) is 2.72. The Balaban J connectivity index is 2.43. The minimum atomic E-state index is -0.628. The van der Waals surface area contributed by atoms with Crippen molar-refractivity contribution in [1.29, 1.82) is 0 Å². The van der Waals surface area contributed by atoms with Crippen LogP contribution in [-0.4, -0.2) is 4.98 Å². The highest BCUT2D eigenvalue weighted by Crippen LogP contribution is 2.25. The predicted octanol–water partition coefficient (Wildman–Crippen LogP) is 2.44. The van der Waals surface area contributed by atoms with E-state index in [2.05, 4.69) is 4.98 Å². The number of nitrogens with two attached hydrogens (primary N) is 1. The van der Waals surface area contributed by atoms with E-state index in [0.717, 1.165) is 11.1 Å². The van der Waals surface area contributed by atoms with E-state index in [4.69, 9.17) is 5.73 Å². The fourth-order valence-electron chi connectivity index (χ4n) is 1.66. The van der Waals surface area contributed by atoms with E-state index in [1.165, 1.54) is 12.1 Å². The highest BCUT2D eigenvalue weighted by atomic mass is 19.1. The molecule has 0 fully saturated rings. The zero-order chi connectivity index (χ0) is 11.6. The monoisotopic (exact) mass is 216 g/mol. The SMILES string of the molecule is CC(N)(c1ccncc1)c1ccc(F)cc1. The van der Waals surface area contributed by atoms with E-state index in [0.29, 0.717) is 0 Å². The summed E-state index contributed by atoms with van der Waals surface area (Å²) in [5, 5.41) is 0. The maximum atomic E-state index is 12.8. The van der Waals surface area contributed by atoms with Crippen molar-refractivity contribution in [3.8, 4) is 0 Å². The second-order valence-corrected chi connectivity index (χ2v) is 3.95. The molecule has 1 aromatic carbocycles. The molecule has 0 amide bonds. The molecule has 0 saturated heterocycles. The number of halogens is 1. The van der Waals surface area contributed by atoms with Crippen LogP contribution >= 0.6 is 0 Å². The summed E-state index contributed by atoms with van der Waals surface area (Å²) in [5.41, 5.74) is 7.46. The number of benzene rings is 1. The lowest BCUT2D eigenvalue weighted by molar-refractivity contribution is 0.592. The van der Waals surface area contributed by atoms with Gasteiger partial charge in [0, 0.05) is 12.4 Å². The molecule has 1 heterocycles. The summed E-state index contributed by atoms with van der Waals surface area (Å²) in [6.07, 6.45) is 3.40. The van der Waals surface area contributed by atoms with Crippen molar-refractivity contribution in [3.63, 3.8) is 0 Å². The van der Waals surface area contributed by atoms with Crippen LogP contribution in [-0.2, 0) is 5.54 Å². The van der Waals surface area contributed by atoms with Gasteiger partial charge < -0.3 is 5.73 Å². The molecule has 2 rings (SSSR count). The number of hydrogen-bond acceptors (Lipinski definition) is 2. The van der Waals surface area contributed by atoms with E-state index >= 15 is 0 Å². The fraction of sp³-hybridized carbons (Fsp3) is 0.154. The molecule has 0 aliphatic carbocycles. The summed E-state index contributed by atoms with van der Waals surface area (Å²) in [6, 6.07) is 9.97. The Kier molecular flexibility index (Phi) is 2.71. The molecule has 0 spiro atoms. The average Bonchev–Trinajstić information content (AvgIpc) is 2.31. The zero-order valence-corrected chi connectivity index (χ0v) is 9.02. The molecule has 1 unspecified atom stereocenters. The van der Waals surface area contributed by atoms with Crippen molar-refractivity contribution in [3.05, 3.63) is 65.7 Å². The Morgan fingerprint density at radius 3 is 2.06 bits per heavy atom. The fourth-order valence-corrected chi connectivity index (χ4v) is 1.66. The lowest BCUT2D eigenvalue weighted by Crippen LogP contribution is -2.34. The lowest BCUT2D eigenvalue weighted by atomic mass is 9.86. The highest BCUT2D eigenvalue weighted by molar-refractivity contribution is 5.35. The van der Waals surface area contributed by atoms with Gasteiger partial charge in [-0.3, -0.25) is 4.98 Å². The molecule has 0 bridgehead atoms. The van der Waals surface area contributed by atoms with E-state index in [1.807, 2.05) is 19.1 Å². The third-order valence-corrected chi connectivity index (χ3v) is 2.72. The van der Waals surface area contributed by atoms with Gasteiger partial charge in [0.25, 0.3) is 0 Å². The van der Waals surface area contributed by atoms with Gasteiger partial charge in [-0.05, 0) is 42.3 Å². The smallest absolute Gasteiger partial charge is 0.123 e. The van der Waals surface area contributed by atoms with Crippen molar-refractivity contribution >= 4 is 0 Å². The van der Waals surface area contributed by atoms with Crippen LogP contribution in [0.1, 0.15) is 18.1 Å². The van der Waals surface area contributed by atoms with Crippen LogP contribution in [0.2, 0.25) is 0 Å². The standard InChI is InChI=1S/C13H13FN2/c1-13(15,11-6-8-16-9-7-11)10-2-4-12(14)5-3-10/h2-9H,15H2,1H3. The van der Waals surface area contributed by atoms with Gasteiger partial charge in [0.05, 0.1) is 5.54 Å². The molecule has 3 heteroatoms. The Morgan fingerprint density at radius 2 is 1.50 bits per heavy atom. The third kappa shape index (κ3) is 1.95. The van der Waals surface area contributed by atoms with Crippen LogP contribution in [0.3, 0.4) is 0 Å². The van der Waals surface area contributed by atoms with Crippen molar-refractivity contribution in [1.82, 2.24) is 4.98 Å². The van der Waals surface area contributed by atoms with Gasteiger partial charge in [0.15, 0.2) is 0 Å². The summed E-state index contributed by atoms with van der Waals surface area (Å²) in [6.45, 7) is 1.90. The van der Waals surface area contributed by atoms with Crippen LogP contribution in [0.25, 0.3) is 0 Å². The molecular weight excluding hydrogens is 203 g/mol. The Hall–Kier alpha value is -1.74. The molecular formula is C13H13FN2. The summed E-state index contributed by atoms with van der Waals surface area (Å²) < 4.78 is 12.8. The Bertz CT molecular complexity index is 463. The first-order valence-corrected chi connectivity index (χ1v) is 5.06. The summed E-state index contributed by atoms with van der Waals surface area (Å²) in [5.74, 6) is -0.255. The Morgan fingerprint density at radius 1 is 1.00 bits per heavy atom. The van der Waals surface area contributed by atoms with Crippen molar-refractivity contribution < 1.29 is 4.39 Å². The quantitative estimate of drug-likeness (QED) is 0.837. The van der Waals surface area contributed by atoms with Gasteiger partial charge in [-0.2, -0.15) is 0 Å². The predicted molar refractivity (Wildman–Crippen MR) is 61.3 cm³/mol. The summed E-state index contributed by atoms with van der Waals surface area (Å²) >= 11 is 0. The van der Waals surface area contributed by atoms with Gasteiger partial charge in [0.2, 0.25) is 0 Å². The molecule has 0 aliphatic heterocycles. The minimum Gasteiger partial charge on any atom is -0.318 e. The van der Waals surface area contributed by atoms with E-state index < -0.39 is 5.54 Å². The first kappa shape index (κ1) is 10.8. The van der Waals surface area contributed by atoms with Crippen LogP contribution in [0.4, 0.5) is 4.39 Å². The maximum Gasteiger partial charge on any atom is 0.123 e. The highest BCUT2D eigenvalue weighted by Gasteiger charge is 2.23. The molecule has 0 saturated carbocycles. The van der Waals surface area contributed by atoms with E-state index in [1.54, 1.807) is 24.5 Å². The van der Waals surface area contributed by atoms with Crippen LogP contribution in [0, 0.1) is 5.82 Å². The van der Waals surface area contributed by atoms with Crippen LogP contribution < -0.4 is 5.73 Å². The molecule has 82 valence electrons. The normalized spacial score (nSPS) is 14.4. The molecule has 0 radical (unpaired) electrons. The minimum absolute atomic E-state index is 0.255. The van der Waals surface area contributed by atoms with E-state index in [-0.39, 0.29) is 5.82 Å². The zero-order valence-electron chi connectivity index (χ0n) is 9.02. The van der Waals surface area contributed by atoms with Gasteiger partial charge in [-0.15, -0.1) is 0 Å². The maximum absolute atomic E-state index is 12.8. The van der Waals surface area contributed by atoms with E-state index in [9.17, 15) is 4.39 Å². The molecule has 16 heavy (non-hydrogen) atoms. The number of pyridine rings is 1. The van der Waals surface area contributed by atoms with Crippen molar-refractivity contribution in [2.75, 3.05) is 0 Å². The molecule has 2 aromatic rings. The molecule has 2 N–H and O–H groups in total. The molecule has 2 nitrogen and oxygen atoms in total. The second kappa shape index (κ2) is 4.02. The molecule has 1 aromatic heterocycles. The van der Waals surface area contributed by atoms with Crippen LogP contribution in [0.15, 0.2) is 48.8 Å². The summed E-state index contributed by atoms with van der Waals surface area (Å²) in [4.78, 5) is 3.95. The molecule has 0 aliphatic rings. The Labute approximate surface area is 93.9 Å². The first-order valence-electron chi connectivity index (χ1n) is 5.06. The average molecular weight is 216 g/mol. The van der Waals surface area contributed by atoms with Gasteiger partial charge in [0.1, 0.15) is 5.82 Å². The van der Waals surface area contributed by atoms with Crippen molar-refractivity contribution in [2.24, 2.45) is 5.73 Å². The van der Waals surface area contributed by atoms with Gasteiger partial charge >= 0.3 is 0 Å². The number of rotatable bonds is 2. The second-order valence-electron chi connectivity index (χ2n) is 3.95. The van der Waals surface area contributed by atoms with Gasteiger partial charge in [-0.25, -0.2) is 4.39 Å². The largest absolute Gasteiger partial charge is 0.318 e.